The number of aryl methyl sites for hydroxylation is 1. The van der Waals surface area contributed by atoms with Crippen LogP contribution in [0.4, 0.5) is 5.69 Å². The van der Waals surface area contributed by atoms with Crippen molar-refractivity contribution in [3.05, 3.63) is 57.0 Å². The van der Waals surface area contributed by atoms with Gasteiger partial charge in [-0.3, -0.25) is 4.79 Å². The lowest BCUT2D eigenvalue weighted by molar-refractivity contribution is -0.930. The van der Waals surface area contributed by atoms with Gasteiger partial charge in [-0.2, -0.15) is 0 Å². The van der Waals surface area contributed by atoms with Gasteiger partial charge < -0.3 is 14.8 Å². The molecule has 0 amide bonds. The number of quaternary nitrogens is 1. The van der Waals surface area contributed by atoms with Gasteiger partial charge in [-0.25, -0.2) is 4.98 Å². The fourth-order valence-corrected chi connectivity index (χ4v) is 6.28. The molecule has 3 heterocycles. The predicted molar refractivity (Wildman–Crippen MR) is 119 cm³/mol. The molecule has 0 spiro atoms. The summed E-state index contributed by atoms with van der Waals surface area (Å²) in [4.78, 5) is 27.3. The summed E-state index contributed by atoms with van der Waals surface area (Å²) in [6.07, 6.45) is 3.28. The second-order valence-corrected chi connectivity index (χ2v) is 9.77. The van der Waals surface area contributed by atoms with Gasteiger partial charge in [0.15, 0.2) is 5.82 Å². The number of piperazine rings is 1. The van der Waals surface area contributed by atoms with Crippen LogP contribution >= 0.6 is 11.3 Å². The van der Waals surface area contributed by atoms with Crippen LogP contribution in [-0.4, -0.2) is 36.1 Å². The molecular formula is C23H29N4OS+. The molecule has 1 aliphatic heterocycles. The summed E-state index contributed by atoms with van der Waals surface area (Å²) in [7, 11) is 0. The summed E-state index contributed by atoms with van der Waals surface area (Å²) >= 11 is 1.74. The van der Waals surface area contributed by atoms with E-state index in [1.54, 1.807) is 11.3 Å². The molecular weight excluding hydrogens is 380 g/mol. The maximum absolute atomic E-state index is 12.9. The molecule has 2 aromatic heterocycles. The van der Waals surface area contributed by atoms with Crippen LogP contribution in [0.3, 0.4) is 0 Å². The minimum absolute atomic E-state index is 0.0613. The molecule has 0 bridgehead atoms. The van der Waals surface area contributed by atoms with E-state index in [-0.39, 0.29) is 11.6 Å². The van der Waals surface area contributed by atoms with Crippen molar-refractivity contribution in [1.82, 2.24) is 9.97 Å². The van der Waals surface area contributed by atoms with Gasteiger partial charge >= 0.3 is 0 Å². The molecule has 152 valence electrons. The summed E-state index contributed by atoms with van der Waals surface area (Å²) in [5, 5.41) is 0.858. The maximum Gasteiger partial charge on any atom is 0.260 e. The molecule has 5 nitrogen and oxygen atoms in total. The second kappa shape index (κ2) is 7.58. The lowest BCUT2D eigenvalue weighted by atomic mass is 9.89. The SMILES string of the molecule is C[C@H]1CCc2c(sc3nc([C@@H](C)[NH+]4CCN(c5ccccc5)CC4)[nH]c(=O)c23)C1. The van der Waals surface area contributed by atoms with Crippen molar-refractivity contribution < 1.29 is 4.90 Å². The van der Waals surface area contributed by atoms with Gasteiger partial charge in [0.2, 0.25) is 0 Å². The number of thiophene rings is 1. The van der Waals surface area contributed by atoms with Crippen LogP contribution < -0.4 is 15.4 Å². The molecule has 6 heteroatoms. The van der Waals surface area contributed by atoms with E-state index < -0.39 is 0 Å². The standard InChI is InChI=1S/C23H28N4OS/c1-15-8-9-18-19(14-15)29-23-20(18)22(28)24-21(25-23)16(2)26-10-12-27(13-11-26)17-6-4-3-5-7-17/h3-7,15-16H,8-14H2,1-2H3,(H,24,25,28)/p+1/t15-,16+/m0/s1. The number of hydrogen-bond donors (Lipinski definition) is 2. The summed E-state index contributed by atoms with van der Waals surface area (Å²) in [5.74, 6) is 1.55. The van der Waals surface area contributed by atoms with Crippen LogP contribution in [-0.2, 0) is 12.8 Å². The molecule has 1 fully saturated rings. The molecule has 2 aliphatic rings. The number of para-hydroxylation sites is 1. The number of benzene rings is 1. The lowest BCUT2D eigenvalue weighted by Gasteiger charge is -2.36. The van der Waals surface area contributed by atoms with Crippen molar-refractivity contribution >= 4 is 27.2 Å². The van der Waals surface area contributed by atoms with E-state index in [1.807, 2.05) is 0 Å². The van der Waals surface area contributed by atoms with E-state index in [9.17, 15) is 4.79 Å². The van der Waals surface area contributed by atoms with Crippen molar-refractivity contribution in [3.63, 3.8) is 0 Å². The number of fused-ring (bicyclic) bond motifs is 3. The molecule has 2 atom stereocenters. The Labute approximate surface area is 175 Å². The zero-order chi connectivity index (χ0) is 20.0. The molecule has 1 aliphatic carbocycles. The predicted octanol–water partition coefficient (Wildman–Crippen LogP) is 2.58. The second-order valence-electron chi connectivity index (χ2n) is 8.69. The van der Waals surface area contributed by atoms with Crippen LogP contribution in [0.1, 0.15) is 42.6 Å². The molecule has 5 rings (SSSR count). The Balaban J connectivity index is 1.36. The van der Waals surface area contributed by atoms with Gasteiger partial charge in [0.1, 0.15) is 10.9 Å². The fraction of sp³-hybridized carbons (Fsp3) is 0.478. The van der Waals surface area contributed by atoms with Crippen molar-refractivity contribution in [2.45, 2.75) is 39.2 Å². The number of nitrogens with zero attached hydrogens (tertiary/aromatic N) is 2. The normalized spacial score (nSPS) is 21.3. The van der Waals surface area contributed by atoms with E-state index in [0.29, 0.717) is 5.92 Å². The van der Waals surface area contributed by atoms with Gasteiger partial charge in [0.05, 0.1) is 31.6 Å². The first kappa shape index (κ1) is 18.8. The topological polar surface area (TPSA) is 53.4 Å². The number of aromatic amines is 1. The van der Waals surface area contributed by atoms with Crippen LogP contribution in [0.5, 0.6) is 0 Å². The third kappa shape index (κ3) is 3.49. The summed E-state index contributed by atoms with van der Waals surface area (Å²) in [5.41, 5.74) is 2.62. The molecule has 1 saturated heterocycles. The highest BCUT2D eigenvalue weighted by Gasteiger charge is 2.29. The lowest BCUT2D eigenvalue weighted by Crippen LogP contribution is -3.14. The van der Waals surface area contributed by atoms with E-state index in [4.69, 9.17) is 4.98 Å². The third-order valence-electron chi connectivity index (χ3n) is 6.73. The van der Waals surface area contributed by atoms with Gasteiger partial charge in [-0.05, 0) is 49.8 Å². The Bertz CT molecular complexity index is 1070. The van der Waals surface area contributed by atoms with Crippen molar-refractivity contribution in [2.24, 2.45) is 5.92 Å². The first-order valence-corrected chi connectivity index (χ1v) is 11.6. The maximum atomic E-state index is 12.9. The van der Waals surface area contributed by atoms with E-state index >= 15 is 0 Å². The Hall–Kier alpha value is -2.18. The largest absolute Gasteiger partial charge is 0.360 e. The minimum atomic E-state index is 0.0613. The zero-order valence-corrected chi connectivity index (χ0v) is 18.0. The van der Waals surface area contributed by atoms with Crippen LogP contribution in [0, 0.1) is 5.92 Å². The average molecular weight is 410 g/mol. The highest BCUT2D eigenvalue weighted by Crippen LogP contribution is 2.35. The number of aromatic nitrogens is 2. The number of H-pyrrole nitrogens is 1. The molecule has 0 radical (unpaired) electrons. The van der Waals surface area contributed by atoms with Crippen molar-refractivity contribution in [2.75, 3.05) is 31.1 Å². The highest BCUT2D eigenvalue weighted by atomic mass is 32.1. The molecule has 2 N–H and O–H groups in total. The summed E-state index contributed by atoms with van der Waals surface area (Å²) < 4.78 is 0. The molecule has 0 saturated carbocycles. The molecule has 29 heavy (non-hydrogen) atoms. The summed E-state index contributed by atoms with van der Waals surface area (Å²) in [6.45, 7) is 8.67. The first-order valence-electron chi connectivity index (χ1n) is 10.8. The quantitative estimate of drug-likeness (QED) is 0.699. The Morgan fingerprint density at radius 1 is 1.24 bits per heavy atom. The first-order chi connectivity index (χ1) is 14.1. The van der Waals surface area contributed by atoms with Gasteiger partial charge in [0, 0.05) is 10.6 Å². The molecule has 0 unspecified atom stereocenters. The zero-order valence-electron chi connectivity index (χ0n) is 17.2. The van der Waals surface area contributed by atoms with Gasteiger partial charge in [0.25, 0.3) is 5.56 Å². The highest BCUT2D eigenvalue weighted by molar-refractivity contribution is 7.18. The Morgan fingerprint density at radius 3 is 2.76 bits per heavy atom. The summed E-state index contributed by atoms with van der Waals surface area (Å²) in [6, 6.07) is 10.8. The van der Waals surface area contributed by atoms with Crippen molar-refractivity contribution in [3.8, 4) is 0 Å². The van der Waals surface area contributed by atoms with E-state index in [0.717, 1.165) is 55.1 Å². The van der Waals surface area contributed by atoms with E-state index in [1.165, 1.54) is 27.4 Å². The van der Waals surface area contributed by atoms with Gasteiger partial charge in [-0.15, -0.1) is 11.3 Å². The van der Waals surface area contributed by atoms with Gasteiger partial charge in [-0.1, -0.05) is 25.1 Å². The van der Waals surface area contributed by atoms with Crippen LogP contribution in [0.2, 0.25) is 0 Å². The molecule has 1 aromatic carbocycles. The Morgan fingerprint density at radius 2 is 2.00 bits per heavy atom. The third-order valence-corrected chi connectivity index (χ3v) is 7.88. The fourth-order valence-electron chi connectivity index (χ4n) is 4.89. The average Bonchev–Trinajstić information content (AvgIpc) is 3.11. The van der Waals surface area contributed by atoms with Crippen LogP contribution in [0.25, 0.3) is 10.2 Å². The minimum Gasteiger partial charge on any atom is -0.360 e. The van der Waals surface area contributed by atoms with Crippen molar-refractivity contribution in [1.29, 1.82) is 0 Å². The molecule has 3 aromatic rings. The van der Waals surface area contributed by atoms with E-state index in [2.05, 4.69) is 54.1 Å². The Kier molecular flexibility index (Phi) is 4.92. The monoisotopic (exact) mass is 409 g/mol. The number of anilines is 1. The number of nitrogens with one attached hydrogen (secondary N) is 2. The number of hydrogen-bond acceptors (Lipinski definition) is 4. The number of rotatable bonds is 3. The van der Waals surface area contributed by atoms with Crippen LogP contribution in [0.15, 0.2) is 35.1 Å². The smallest absolute Gasteiger partial charge is 0.260 e.